The minimum absolute atomic E-state index is 0. The van der Waals surface area contributed by atoms with Gasteiger partial charge in [0.2, 0.25) is 0 Å². The molecule has 0 aromatic rings. The van der Waals surface area contributed by atoms with Gasteiger partial charge in [0, 0.05) is 23.6 Å². The predicted molar refractivity (Wildman–Crippen MR) is 39.5 cm³/mol. The van der Waals surface area contributed by atoms with Crippen molar-refractivity contribution in [3.8, 4) is 0 Å². The number of likely N-dealkylation sites (N-methyl/N-ethyl adjacent to an activating group) is 1. The van der Waals surface area contributed by atoms with Crippen LogP contribution in [0.4, 0.5) is 0 Å². The molecule has 1 atom stereocenters. The van der Waals surface area contributed by atoms with Crippen LogP contribution in [0.3, 0.4) is 0 Å². The standard InChI is InChI=1S/C7H17NO.Fe/c1-5-7(2,9)6-8(3)4;/h9H,5-6H2,1-4H3;. The molecule has 0 aromatic carbocycles. The first-order valence-corrected chi connectivity index (χ1v) is 3.35. The molecule has 0 aliphatic rings. The van der Waals surface area contributed by atoms with Crippen LogP contribution < -0.4 is 0 Å². The summed E-state index contributed by atoms with van der Waals surface area (Å²) >= 11 is 0. The first kappa shape index (κ1) is 13.1. The van der Waals surface area contributed by atoms with E-state index in [2.05, 4.69) is 0 Å². The van der Waals surface area contributed by atoms with E-state index >= 15 is 0 Å². The number of hydrogen-bond donors (Lipinski definition) is 1. The van der Waals surface area contributed by atoms with Crippen molar-refractivity contribution >= 4 is 0 Å². The van der Waals surface area contributed by atoms with Crippen molar-refractivity contribution in [3.05, 3.63) is 0 Å². The fourth-order valence-corrected chi connectivity index (χ4v) is 0.793. The fourth-order valence-electron chi connectivity index (χ4n) is 0.793. The summed E-state index contributed by atoms with van der Waals surface area (Å²) < 4.78 is 0. The molecule has 0 aromatic heterocycles. The summed E-state index contributed by atoms with van der Waals surface area (Å²) in [5.41, 5.74) is -0.510. The zero-order chi connectivity index (χ0) is 7.49. The van der Waals surface area contributed by atoms with Gasteiger partial charge >= 0.3 is 0 Å². The summed E-state index contributed by atoms with van der Waals surface area (Å²) in [6.45, 7) is 4.58. The number of nitrogens with zero attached hydrogens (tertiary/aromatic N) is 1. The molecular weight excluding hydrogens is 170 g/mol. The smallest absolute Gasteiger partial charge is 0.0743 e. The maximum absolute atomic E-state index is 9.45. The van der Waals surface area contributed by atoms with E-state index in [9.17, 15) is 5.11 Å². The molecule has 0 bridgehead atoms. The molecule has 3 heteroatoms. The monoisotopic (exact) mass is 187 g/mol. The van der Waals surface area contributed by atoms with Crippen LogP contribution >= 0.6 is 0 Å². The van der Waals surface area contributed by atoms with Gasteiger partial charge in [-0.25, -0.2) is 0 Å². The molecule has 10 heavy (non-hydrogen) atoms. The third kappa shape index (κ3) is 6.56. The van der Waals surface area contributed by atoms with Crippen molar-refractivity contribution < 1.29 is 22.2 Å². The van der Waals surface area contributed by atoms with Crippen molar-refractivity contribution in [1.29, 1.82) is 0 Å². The molecule has 2 nitrogen and oxygen atoms in total. The normalized spacial score (nSPS) is 16.2. The van der Waals surface area contributed by atoms with Crippen molar-refractivity contribution in [2.45, 2.75) is 25.9 Å². The molecular formula is C7H17FeNO. The Hall–Kier alpha value is 0.439. The third-order valence-corrected chi connectivity index (χ3v) is 1.42. The summed E-state index contributed by atoms with van der Waals surface area (Å²) in [5, 5.41) is 9.45. The van der Waals surface area contributed by atoms with E-state index in [-0.39, 0.29) is 17.1 Å². The molecule has 0 aliphatic carbocycles. The average Bonchev–Trinajstić information content (AvgIpc) is 1.63. The Kier molecular flexibility index (Phi) is 6.71. The van der Waals surface area contributed by atoms with Crippen LogP contribution in [0.1, 0.15) is 20.3 Å². The molecule has 0 radical (unpaired) electrons. The van der Waals surface area contributed by atoms with Gasteiger partial charge in [0.15, 0.2) is 0 Å². The van der Waals surface area contributed by atoms with Crippen molar-refractivity contribution in [3.63, 3.8) is 0 Å². The van der Waals surface area contributed by atoms with Gasteiger partial charge in [-0.3, -0.25) is 0 Å². The summed E-state index contributed by atoms with van der Waals surface area (Å²) in [6.07, 6.45) is 0.811. The molecule has 0 saturated carbocycles. The van der Waals surface area contributed by atoms with Gasteiger partial charge in [0.05, 0.1) is 5.60 Å². The largest absolute Gasteiger partial charge is 0.389 e. The molecule has 1 N–H and O–H groups in total. The summed E-state index contributed by atoms with van der Waals surface area (Å²) in [6, 6.07) is 0. The van der Waals surface area contributed by atoms with E-state index in [4.69, 9.17) is 0 Å². The van der Waals surface area contributed by atoms with Crippen LogP contribution in [0, 0.1) is 0 Å². The second-order valence-corrected chi connectivity index (χ2v) is 3.09. The minimum Gasteiger partial charge on any atom is -0.389 e. The summed E-state index contributed by atoms with van der Waals surface area (Å²) in [4.78, 5) is 1.99. The van der Waals surface area contributed by atoms with E-state index in [1.165, 1.54) is 0 Å². The molecule has 0 fully saturated rings. The molecule has 64 valence electrons. The van der Waals surface area contributed by atoms with Crippen LogP contribution in [0.2, 0.25) is 0 Å². The zero-order valence-electron chi connectivity index (χ0n) is 7.16. The topological polar surface area (TPSA) is 23.5 Å². The Morgan fingerprint density at radius 2 is 1.80 bits per heavy atom. The molecule has 0 amide bonds. The van der Waals surface area contributed by atoms with E-state index in [1.54, 1.807) is 0 Å². The van der Waals surface area contributed by atoms with Gasteiger partial charge < -0.3 is 10.0 Å². The Morgan fingerprint density at radius 1 is 1.40 bits per heavy atom. The molecule has 0 aliphatic heterocycles. The van der Waals surface area contributed by atoms with Gasteiger partial charge in [0.1, 0.15) is 0 Å². The van der Waals surface area contributed by atoms with Gasteiger partial charge in [0.25, 0.3) is 0 Å². The molecule has 0 saturated heterocycles. The maximum Gasteiger partial charge on any atom is 0.0743 e. The number of aliphatic hydroxyl groups is 1. The first-order chi connectivity index (χ1) is 3.98. The SMILES string of the molecule is CCC(C)(O)CN(C)C.[Fe]. The van der Waals surface area contributed by atoms with Crippen LogP contribution in [0.25, 0.3) is 0 Å². The number of hydrogen-bond acceptors (Lipinski definition) is 2. The molecule has 0 heterocycles. The van der Waals surface area contributed by atoms with Crippen molar-refractivity contribution in [2.24, 2.45) is 0 Å². The van der Waals surface area contributed by atoms with Gasteiger partial charge in [-0.1, -0.05) is 6.92 Å². The molecule has 1 unspecified atom stereocenters. The van der Waals surface area contributed by atoms with E-state index in [0.29, 0.717) is 0 Å². The Labute approximate surface area is 74.1 Å². The number of rotatable bonds is 3. The Balaban J connectivity index is 0. The van der Waals surface area contributed by atoms with E-state index in [1.807, 2.05) is 32.8 Å². The van der Waals surface area contributed by atoms with Crippen LogP contribution in [0.15, 0.2) is 0 Å². The first-order valence-electron chi connectivity index (χ1n) is 3.35. The predicted octanol–water partition coefficient (Wildman–Crippen LogP) is 0.707. The van der Waals surface area contributed by atoms with Gasteiger partial charge in [-0.05, 0) is 27.4 Å². The van der Waals surface area contributed by atoms with Crippen molar-refractivity contribution in [2.75, 3.05) is 20.6 Å². The second-order valence-electron chi connectivity index (χ2n) is 3.09. The Morgan fingerprint density at radius 3 is 1.90 bits per heavy atom. The molecule has 0 rings (SSSR count). The fraction of sp³-hybridized carbons (Fsp3) is 1.00. The third-order valence-electron chi connectivity index (χ3n) is 1.42. The van der Waals surface area contributed by atoms with Crippen LogP contribution in [0.5, 0.6) is 0 Å². The minimum atomic E-state index is -0.510. The zero-order valence-corrected chi connectivity index (χ0v) is 8.27. The Bertz CT molecular complexity index is 83.7. The van der Waals surface area contributed by atoms with E-state index < -0.39 is 5.60 Å². The van der Waals surface area contributed by atoms with Crippen molar-refractivity contribution in [1.82, 2.24) is 4.90 Å². The van der Waals surface area contributed by atoms with Gasteiger partial charge in [-0.15, -0.1) is 0 Å². The second kappa shape index (κ2) is 5.14. The van der Waals surface area contributed by atoms with Crippen LogP contribution in [-0.2, 0) is 17.1 Å². The van der Waals surface area contributed by atoms with Gasteiger partial charge in [-0.2, -0.15) is 0 Å². The van der Waals surface area contributed by atoms with Crippen LogP contribution in [-0.4, -0.2) is 36.2 Å². The summed E-state index contributed by atoms with van der Waals surface area (Å²) in [7, 11) is 3.92. The summed E-state index contributed by atoms with van der Waals surface area (Å²) in [5.74, 6) is 0. The van der Waals surface area contributed by atoms with E-state index in [0.717, 1.165) is 13.0 Å². The maximum atomic E-state index is 9.45. The molecule has 0 spiro atoms. The quantitative estimate of drug-likeness (QED) is 0.657. The average molecular weight is 187 g/mol.